The smallest absolute Gasteiger partial charge is 0.116 e. The molecule has 0 heterocycles. The number of phenolic OH excluding ortho intramolecular Hbond substituents is 1. The third kappa shape index (κ3) is 1.98. The highest BCUT2D eigenvalue weighted by molar-refractivity contribution is 5.74. The molecule has 0 saturated carbocycles. The fraction of sp³-hybridized carbons (Fsp3) is 0.0909. The minimum absolute atomic E-state index is 0.218. The molecule has 0 spiro atoms. The minimum atomic E-state index is 0.218. The van der Waals surface area contributed by atoms with E-state index in [1.54, 1.807) is 24.3 Å². The molecule has 0 aliphatic rings. The van der Waals surface area contributed by atoms with Gasteiger partial charge in [0, 0.05) is 6.54 Å². The van der Waals surface area contributed by atoms with Gasteiger partial charge in [-0.2, -0.15) is 0 Å². The van der Waals surface area contributed by atoms with Crippen molar-refractivity contribution in [2.75, 3.05) is 6.54 Å². The fourth-order valence-electron chi connectivity index (χ4n) is 1.14. The van der Waals surface area contributed by atoms with Gasteiger partial charge in [0.15, 0.2) is 0 Å². The normalized spacial score (nSPS) is 9.62. The van der Waals surface area contributed by atoms with Crippen molar-refractivity contribution >= 4 is 11.6 Å². The maximum Gasteiger partial charge on any atom is 0.116 e. The second-order valence-electron chi connectivity index (χ2n) is 2.78. The molecule has 0 saturated heterocycles. The summed E-state index contributed by atoms with van der Waals surface area (Å²) in [6.45, 7) is 7.86. The molecule has 0 atom stereocenters. The molecule has 0 fully saturated rings. The number of rotatable bonds is 3. The first kappa shape index (κ1) is 9.55. The highest BCUT2D eigenvalue weighted by Gasteiger charge is 2.03. The Bertz CT molecular complexity index is 342. The van der Waals surface area contributed by atoms with Crippen LogP contribution in [0.1, 0.15) is 11.1 Å². The Morgan fingerprint density at radius 3 is 2.77 bits per heavy atom. The van der Waals surface area contributed by atoms with Gasteiger partial charge in [0.1, 0.15) is 5.75 Å². The first-order valence-electron chi connectivity index (χ1n) is 4.02. The largest absolute Gasteiger partial charge is 0.508 e. The maximum absolute atomic E-state index is 9.26. The van der Waals surface area contributed by atoms with E-state index in [9.17, 15) is 5.11 Å². The fourth-order valence-corrected chi connectivity index (χ4v) is 1.14. The van der Waals surface area contributed by atoms with E-state index in [-0.39, 0.29) is 5.75 Å². The third-order valence-corrected chi connectivity index (χ3v) is 1.88. The lowest BCUT2D eigenvalue weighted by Gasteiger charge is -2.07. The Labute approximate surface area is 78.0 Å². The van der Waals surface area contributed by atoms with E-state index in [0.29, 0.717) is 6.54 Å². The van der Waals surface area contributed by atoms with Crippen LogP contribution in [0.3, 0.4) is 0 Å². The second kappa shape index (κ2) is 3.92. The van der Waals surface area contributed by atoms with Crippen molar-refractivity contribution in [3.8, 4) is 5.75 Å². The van der Waals surface area contributed by atoms with Gasteiger partial charge in [-0.25, -0.2) is 0 Å². The van der Waals surface area contributed by atoms with Crippen LogP contribution in [-0.4, -0.2) is 11.7 Å². The zero-order valence-electron chi connectivity index (χ0n) is 7.46. The van der Waals surface area contributed by atoms with Crippen molar-refractivity contribution in [2.24, 2.45) is 5.73 Å². The zero-order valence-corrected chi connectivity index (χ0v) is 7.46. The first-order chi connectivity index (χ1) is 6.19. The molecule has 0 aromatic heterocycles. The average Bonchev–Trinajstić information content (AvgIpc) is 2.16. The summed E-state index contributed by atoms with van der Waals surface area (Å²) in [6.07, 6.45) is 1.72. The molecule has 68 valence electrons. The van der Waals surface area contributed by atoms with E-state index in [4.69, 9.17) is 5.73 Å². The lowest BCUT2D eigenvalue weighted by Crippen LogP contribution is -2.02. The van der Waals surface area contributed by atoms with Crippen molar-refractivity contribution in [2.45, 2.75) is 0 Å². The van der Waals surface area contributed by atoms with Crippen molar-refractivity contribution in [1.82, 2.24) is 0 Å². The molecule has 2 nitrogen and oxygen atoms in total. The summed E-state index contributed by atoms with van der Waals surface area (Å²) in [5.41, 5.74) is 8.06. The van der Waals surface area contributed by atoms with Crippen LogP contribution in [0.15, 0.2) is 31.4 Å². The highest BCUT2D eigenvalue weighted by Crippen LogP contribution is 2.22. The van der Waals surface area contributed by atoms with Gasteiger partial charge < -0.3 is 10.8 Å². The van der Waals surface area contributed by atoms with E-state index in [0.717, 1.165) is 16.7 Å². The Balaban J connectivity index is 3.23. The molecule has 0 amide bonds. The predicted molar refractivity (Wildman–Crippen MR) is 56.3 cm³/mol. The number of benzene rings is 1. The number of nitrogens with two attached hydrogens (primary N) is 1. The Morgan fingerprint density at radius 1 is 1.54 bits per heavy atom. The van der Waals surface area contributed by atoms with Crippen molar-refractivity contribution in [3.05, 3.63) is 42.5 Å². The first-order valence-corrected chi connectivity index (χ1v) is 4.02. The molecule has 0 aliphatic carbocycles. The van der Waals surface area contributed by atoms with E-state index in [2.05, 4.69) is 13.2 Å². The molecule has 0 bridgehead atoms. The SMILES string of the molecule is C=Cc1ccc(O)cc1C(=C)CN. The summed E-state index contributed by atoms with van der Waals surface area (Å²) < 4.78 is 0. The van der Waals surface area contributed by atoms with E-state index < -0.39 is 0 Å². The molecule has 13 heavy (non-hydrogen) atoms. The number of hydrogen-bond donors (Lipinski definition) is 2. The molecule has 0 unspecified atom stereocenters. The summed E-state index contributed by atoms with van der Waals surface area (Å²) >= 11 is 0. The standard InChI is InChI=1S/C11H13NO/c1-3-9-4-5-10(13)6-11(9)8(2)7-12/h3-6,13H,1-2,7,12H2. The number of aromatic hydroxyl groups is 1. The summed E-state index contributed by atoms with van der Waals surface area (Å²) in [6, 6.07) is 5.05. The van der Waals surface area contributed by atoms with Crippen LogP contribution >= 0.6 is 0 Å². The molecular formula is C11H13NO. The Kier molecular flexibility index (Phi) is 2.88. The van der Waals surface area contributed by atoms with Crippen LogP contribution in [0, 0.1) is 0 Å². The lowest BCUT2D eigenvalue weighted by molar-refractivity contribution is 0.475. The topological polar surface area (TPSA) is 46.2 Å². The molecule has 0 aliphatic heterocycles. The van der Waals surface area contributed by atoms with Gasteiger partial charge in [-0.15, -0.1) is 0 Å². The van der Waals surface area contributed by atoms with Gasteiger partial charge in [0.25, 0.3) is 0 Å². The summed E-state index contributed by atoms with van der Waals surface area (Å²) in [4.78, 5) is 0. The predicted octanol–water partition coefficient (Wildman–Crippen LogP) is 2.01. The molecular weight excluding hydrogens is 162 g/mol. The lowest BCUT2D eigenvalue weighted by atomic mass is 10.0. The molecule has 1 rings (SSSR count). The third-order valence-electron chi connectivity index (χ3n) is 1.88. The van der Waals surface area contributed by atoms with Crippen LogP contribution in [-0.2, 0) is 0 Å². The van der Waals surface area contributed by atoms with Gasteiger partial charge in [-0.3, -0.25) is 0 Å². The number of hydrogen-bond acceptors (Lipinski definition) is 2. The Hall–Kier alpha value is -1.54. The molecule has 0 radical (unpaired) electrons. The monoisotopic (exact) mass is 175 g/mol. The van der Waals surface area contributed by atoms with E-state index in [1.807, 2.05) is 0 Å². The zero-order chi connectivity index (χ0) is 9.84. The van der Waals surface area contributed by atoms with Crippen molar-refractivity contribution in [1.29, 1.82) is 0 Å². The van der Waals surface area contributed by atoms with Crippen LogP contribution in [0.25, 0.3) is 11.6 Å². The quantitative estimate of drug-likeness (QED) is 0.738. The van der Waals surface area contributed by atoms with Crippen molar-refractivity contribution < 1.29 is 5.11 Å². The average molecular weight is 175 g/mol. The van der Waals surface area contributed by atoms with Crippen LogP contribution in [0.4, 0.5) is 0 Å². The molecule has 3 N–H and O–H groups in total. The van der Waals surface area contributed by atoms with Crippen LogP contribution < -0.4 is 5.73 Å². The summed E-state index contributed by atoms with van der Waals surface area (Å²) in [5.74, 6) is 0.218. The van der Waals surface area contributed by atoms with Gasteiger partial charge in [0.2, 0.25) is 0 Å². The van der Waals surface area contributed by atoms with E-state index in [1.165, 1.54) is 0 Å². The van der Waals surface area contributed by atoms with Crippen molar-refractivity contribution in [3.63, 3.8) is 0 Å². The van der Waals surface area contributed by atoms with Gasteiger partial charge >= 0.3 is 0 Å². The van der Waals surface area contributed by atoms with Gasteiger partial charge in [-0.05, 0) is 28.8 Å². The number of phenols is 1. The second-order valence-corrected chi connectivity index (χ2v) is 2.78. The molecule has 2 heteroatoms. The molecule has 1 aromatic rings. The summed E-state index contributed by atoms with van der Waals surface area (Å²) in [5, 5.41) is 9.26. The minimum Gasteiger partial charge on any atom is -0.508 e. The van der Waals surface area contributed by atoms with Crippen LogP contribution in [0.2, 0.25) is 0 Å². The van der Waals surface area contributed by atoms with E-state index >= 15 is 0 Å². The van der Waals surface area contributed by atoms with Gasteiger partial charge in [0.05, 0.1) is 0 Å². The highest BCUT2D eigenvalue weighted by atomic mass is 16.3. The molecule has 1 aromatic carbocycles. The van der Waals surface area contributed by atoms with Crippen LogP contribution in [0.5, 0.6) is 5.75 Å². The maximum atomic E-state index is 9.26. The Morgan fingerprint density at radius 2 is 2.23 bits per heavy atom. The van der Waals surface area contributed by atoms with Gasteiger partial charge in [-0.1, -0.05) is 25.3 Å². The summed E-state index contributed by atoms with van der Waals surface area (Å²) in [7, 11) is 0.